The van der Waals surface area contributed by atoms with Crippen LogP contribution in [0.3, 0.4) is 0 Å². The minimum atomic E-state index is -0.528. The Bertz CT molecular complexity index is 603. The molecule has 2 aromatic rings. The number of aromatic nitrogens is 2. The van der Waals surface area contributed by atoms with Crippen molar-refractivity contribution in [1.82, 2.24) is 15.1 Å². The standard InChI is InChI=1S/C15H19N3O2/c1-3-15(19)9-18(10-15)8-13-16-17-14(20-13)12-6-4-5-11(2)7-12/h4-7,19H,3,8-10H2,1-2H3. The second-order valence-electron chi connectivity index (χ2n) is 5.59. The maximum atomic E-state index is 9.97. The molecule has 0 saturated carbocycles. The van der Waals surface area contributed by atoms with Crippen molar-refractivity contribution in [2.24, 2.45) is 0 Å². The number of aryl methyl sites for hydroxylation is 1. The van der Waals surface area contributed by atoms with Gasteiger partial charge in [-0.1, -0.05) is 24.6 Å². The van der Waals surface area contributed by atoms with E-state index in [0.29, 0.717) is 31.4 Å². The molecule has 0 bridgehead atoms. The van der Waals surface area contributed by atoms with Gasteiger partial charge in [-0.2, -0.15) is 0 Å². The minimum absolute atomic E-state index is 0.528. The van der Waals surface area contributed by atoms with Gasteiger partial charge in [0, 0.05) is 18.7 Å². The topological polar surface area (TPSA) is 62.4 Å². The van der Waals surface area contributed by atoms with E-state index in [1.807, 2.05) is 38.1 Å². The Morgan fingerprint density at radius 2 is 2.15 bits per heavy atom. The fourth-order valence-corrected chi connectivity index (χ4v) is 2.53. The lowest BCUT2D eigenvalue weighted by molar-refractivity contribution is -0.105. The van der Waals surface area contributed by atoms with E-state index in [2.05, 4.69) is 15.1 Å². The SMILES string of the molecule is CCC1(O)CN(Cc2nnc(-c3cccc(C)c3)o2)C1. The van der Waals surface area contributed by atoms with Gasteiger partial charge < -0.3 is 9.52 Å². The minimum Gasteiger partial charge on any atom is -0.419 e. The van der Waals surface area contributed by atoms with Crippen LogP contribution in [0.5, 0.6) is 0 Å². The zero-order valence-corrected chi connectivity index (χ0v) is 11.8. The number of benzene rings is 1. The van der Waals surface area contributed by atoms with Crippen LogP contribution in [0.2, 0.25) is 0 Å². The highest BCUT2D eigenvalue weighted by Gasteiger charge is 2.39. The third-order valence-electron chi connectivity index (χ3n) is 3.78. The quantitative estimate of drug-likeness (QED) is 0.923. The van der Waals surface area contributed by atoms with E-state index in [4.69, 9.17) is 4.42 Å². The highest BCUT2D eigenvalue weighted by Crippen LogP contribution is 2.26. The maximum Gasteiger partial charge on any atom is 0.247 e. The van der Waals surface area contributed by atoms with E-state index in [9.17, 15) is 5.11 Å². The summed E-state index contributed by atoms with van der Waals surface area (Å²) in [5, 5.41) is 18.1. The molecule has 1 aliphatic rings. The highest BCUT2D eigenvalue weighted by molar-refractivity contribution is 5.53. The summed E-state index contributed by atoms with van der Waals surface area (Å²) in [5.74, 6) is 1.15. The molecule has 1 aromatic carbocycles. The van der Waals surface area contributed by atoms with Crippen LogP contribution in [0.15, 0.2) is 28.7 Å². The Labute approximate surface area is 118 Å². The molecule has 2 heterocycles. The van der Waals surface area contributed by atoms with E-state index < -0.39 is 5.60 Å². The second kappa shape index (κ2) is 5.00. The molecule has 1 aromatic heterocycles. The van der Waals surface area contributed by atoms with E-state index in [1.165, 1.54) is 0 Å². The summed E-state index contributed by atoms with van der Waals surface area (Å²) < 4.78 is 5.69. The van der Waals surface area contributed by atoms with Crippen LogP contribution in [0.1, 0.15) is 24.8 Å². The van der Waals surface area contributed by atoms with Crippen LogP contribution in [0.25, 0.3) is 11.5 Å². The van der Waals surface area contributed by atoms with Crippen LogP contribution < -0.4 is 0 Å². The lowest BCUT2D eigenvalue weighted by Crippen LogP contribution is -2.60. The molecule has 0 amide bonds. The van der Waals surface area contributed by atoms with E-state index in [0.717, 1.165) is 17.5 Å². The number of aliphatic hydroxyl groups is 1. The van der Waals surface area contributed by atoms with Gasteiger partial charge in [0.2, 0.25) is 11.8 Å². The van der Waals surface area contributed by atoms with Crippen LogP contribution in [0, 0.1) is 6.92 Å². The van der Waals surface area contributed by atoms with Gasteiger partial charge in [0.05, 0.1) is 12.1 Å². The lowest BCUT2D eigenvalue weighted by Gasteiger charge is -2.45. The van der Waals surface area contributed by atoms with Gasteiger partial charge in [0.1, 0.15) is 0 Å². The van der Waals surface area contributed by atoms with Gasteiger partial charge in [-0.25, -0.2) is 0 Å². The molecule has 0 aliphatic carbocycles. The Kier molecular flexibility index (Phi) is 3.31. The summed E-state index contributed by atoms with van der Waals surface area (Å²) in [5.41, 5.74) is 1.58. The van der Waals surface area contributed by atoms with E-state index in [-0.39, 0.29) is 0 Å². The average Bonchev–Trinajstić information content (AvgIpc) is 2.85. The molecule has 5 heteroatoms. The molecule has 20 heavy (non-hydrogen) atoms. The van der Waals surface area contributed by atoms with E-state index in [1.54, 1.807) is 0 Å². The smallest absolute Gasteiger partial charge is 0.247 e. The Morgan fingerprint density at radius 3 is 2.85 bits per heavy atom. The van der Waals surface area contributed by atoms with Crippen LogP contribution in [-0.4, -0.2) is 38.9 Å². The maximum absolute atomic E-state index is 9.97. The molecule has 3 rings (SSSR count). The normalized spacial score (nSPS) is 17.9. The van der Waals surface area contributed by atoms with Crippen molar-refractivity contribution in [3.05, 3.63) is 35.7 Å². The molecule has 1 N–H and O–H groups in total. The summed E-state index contributed by atoms with van der Waals surface area (Å²) in [6.45, 7) is 5.98. The zero-order chi connectivity index (χ0) is 14.2. The van der Waals surface area contributed by atoms with Gasteiger partial charge >= 0.3 is 0 Å². The van der Waals surface area contributed by atoms with Crippen molar-refractivity contribution in [2.45, 2.75) is 32.4 Å². The first-order valence-corrected chi connectivity index (χ1v) is 6.92. The van der Waals surface area contributed by atoms with Crippen molar-refractivity contribution in [3.63, 3.8) is 0 Å². The molecule has 0 radical (unpaired) electrons. The lowest BCUT2D eigenvalue weighted by atomic mass is 9.91. The third-order valence-corrected chi connectivity index (χ3v) is 3.78. The van der Waals surface area contributed by atoms with Gasteiger partial charge in [-0.05, 0) is 25.5 Å². The monoisotopic (exact) mass is 273 g/mol. The Morgan fingerprint density at radius 1 is 1.35 bits per heavy atom. The van der Waals surface area contributed by atoms with Crippen LogP contribution in [-0.2, 0) is 6.54 Å². The van der Waals surface area contributed by atoms with Gasteiger partial charge in [-0.15, -0.1) is 10.2 Å². The number of rotatable bonds is 4. The number of β-amino-alcohol motifs (C(OH)–C–C–N with tert-alkyl or cyclic N) is 1. The van der Waals surface area contributed by atoms with Crippen LogP contribution >= 0.6 is 0 Å². The molecule has 0 atom stereocenters. The third kappa shape index (κ3) is 2.59. The van der Waals surface area contributed by atoms with Gasteiger partial charge in [0.25, 0.3) is 0 Å². The fraction of sp³-hybridized carbons (Fsp3) is 0.467. The molecule has 0 unspecified atom stereocenters. The summed E-state index contributed by atoms with van der Waals surface area (Å²) in [6.07, 6.45) is 0.780. The second-order valence-corrected chi connectivity index (χ2v) is 5.59. The molecule has 0 spiro atoms. The highest BCUT2D eigenvalue weighted by atomic mass is 16.4. The first-order valence-electron chi connectivity index (χ1n) is 6.92. The summed E-state index contributed by atoms with van der Waals surface area (Å²) in [6, 6.07) is 8.00. The zero-order valence-electron chi connectivity index (χ0n) is 11.8. The molecular formula is C15H19N3O2. The molecular weight excluding hydrogens is 254 g/mol. The summed E-state index contributed by atoms with van der Waals surface area (Å²) in [7, 11) is 0. The van der Waals surface area contributed by atoms with Gasteiger partial charge in [0.15, 0.2) is 0 Å². The molecule has 1 saturated heterocycles. The van der Waals surface area contributed by atoms with Crippen molar-refractivity contribution in [3.8, 4) is 11.5 Å². The molecule has 5 nitrogen and oxygen atoms in total. The largest absolute Gasteiger partial charge is 0.419 e. The fourth-order valence-electron chi connectivity index (χ4n) is 2.53. The number of likely N-dealkylation sites (tertiary alicyclic amines) is 1. The number of hydrogen-bond acceptors (Lipinski definition) is 5. The van der Waals surface area contributed by atoms with Crippen molar-refractivity contribution < 1.29 is 9.52 Å². The van der Waals surface area contributed by atoms with Crippen LogP contribution in [0.4, 0.5) is 0 Å². The predicted octanol–water partition coefficient (Wildman–Crippen LogP) is 2.00. The van der Waals surface area contributed by atoms with Gasteiger partial charge in [-0.3, -0.25) is 4.90 Å². The molecule has 1 fully saturated rings. The number of hydrogen-bond donors (Lipinski definition) is 1. The van der Waals surface area contributed by atoms with Crippen molar-refractivity contribution in [2.75, 3.05) is 13.1 Å². The number of nitrogens with zero attached hydrogens (tertiary/aromatic N) is 3. The first-order chi connectivity index (χ1) is 9.58. The first kappa shape index (κ1) is 13.3. The predicted molar refractivity (Wildman–Crippen MR) is 75.0 cm³/mol. The Hall–Kier alpha value is -1.72. The van der Waals surface area contributed by atoms with Crippen molar-refractivity contribution >= 4 is 0 Å². The Balaban J connectivity index is 1.66. The average molecular weight is 273 g/mol. The molecule has 106 valence electrons. The summed E-state index contributed by atoms with van der Waals surface area (Å²) in [4.78, 5) is 2.11. The summed E-state index contributed by atoms with van der Waals surface area (Å²) >= 11 is 0. The molecule has 1 aliphatic heterocycles. The van der Waals surface area contributed by atoms with Crippen molar-refractivity contribution in [1.29, 1.82) is 0 Å². The van der Waals surface area contributed by atoms with E-state index >= 15 is 0 Å².